The molecule has 4 rings (SSSR count). The fourth-order valence-electron chi connectivity index (χ4n) is 5.59. The summed E-state index contributed by atoms with van der Waals surface area (Å²) in [6.45, 7) is 6.75. The van der Waals surface area contributed by atoms with E-state index in [9.17, 15) is 24.0 Å². The highest BCUT2D eigenvalue weighted by molar-refractivity contribution is 5.90. The summed E-state index contributed by atoms with van der Waals surface area (Å²) in [5.41, 5.74) is 1.44. The van der Waals surface area contributed by atoms with Gasteiger partial charge in [0.05, 0.1) is 18.4 Å². The van der Waals surface area contributed by atoms with Gasteiger partial charge in [0.25, 0.3) is 0 Å². The van der Waals surface area contributed by atoms with E-state index in [1.54, 1.807) is 4.90 Å². The van der Waals surface area contributed by atoms with Crippen molar-refractivity contribution in [1.29, 1.82) is 0 Å². The quantitative estimate of drug-likeness (QED) is 0.493. The Morgan fingerprint density at radius 2 is 1.56 bits per heavy atom. The van der Waals surface area contributed by atoms with E-state index in [4.69, 9.17) is 0 Å². The summed E-state index contributed by atoms with van der Waals surface area (Å²) in [5.74, 6) is -1.37. The molecule has 10 heteroatoms. The normalized spacial score (nSPS) is 18.0. The monoisotopic (exact) mass is 589 g/mol. The number of hydrogen-bond acceptors (Lipinski definition) is 5. The van der Waals surface area contributed by atoms with E-state index < -0.39 is 17.4 Å². The van der Waals surface area contributed by atoms with Crippen molar-refractivity contribution in [1.82, 2.24) is 25.8 Å². The Morgan fingerprint density at radius 3 is 2.23 bits per heavy atom. The number of nitrogens with one attached hydrogen (secondary N) is 3. The van der Waals surface area contributed by atoms with Crippen molar-refractivity contribution >= 4 is 29.5 Å². The van der Waals surface area contributed by atoms with Gasteiger partial charge >= 0.3 is 0 Å². The Balaban J connectivity index is 1.55. The average molecular weight is 590 g/mol. The molecule has 0 unspecified atom stereocenters. The minimum Gasteiger partial charge on any atom is -0.350 e. The van der Waals surface area contributed by atoms with Gasteiger partial charge in [-0.05, 0) is 34.9 Å². The molecule has 2 aliphatic rings. The molecule has 230 valence electrons. The number of benzene rings is 2. The van der Waals surface area contributed by atoms with E-state index in [0.717, 1.165) is 16.7 Å². The third-order valence-electron chi connectivity index (χ3n) is 7.95. The summed E-state index contributed by atoms with van der Waals surface area (Å²) in [7, 11) is 0. The second kappa shape index (κ2) is 13.8. The Kier molecular flexibility index (Phi) is 10.2. The molecule has 2 heterocycles. The van der Waals surface area contributed by atoms with Crippen LogP contribution < -0.4 is 16.0 Å². The first-order valence-electron chi connectivity index (χ1n) is 14.9. The van der Waals surface area contributed by atoms with Crippen LogP contribution in [0.2, 0.25) is 0 Å². The lowest BCUT2D eigenvalue weighted by molar-refractivity contribution is -0.142. The molecule has 0 radical (unpaired) electrons. The Labute approximate surface area is 253 Å². The number of piperidine rings is 1. The van der Waals surface area contributed by atoms with E-state index in [1.807, 2.05) is 75.4 Å². The molecular formula is C33H43N5O5. The summed E-state index contributed by atoms with van der Waals surface area (Å²) < 4.78 is 0. The van der Waals surface area contributed by atoms with Crippen LogP contribution in [0.3, 0.4) is 0 Å². The standard InChI is InChI=1S/C33H43N5O5/c1-32(2,3)18-30(42)37-15-13-33(14-16-37)19-31(43)38(22-28(40)34-20-24-9-5-4-6-10-24)23-29(41)35-21-26-12-8-7-11-25(26)17-27(39)36-33/h4-12H,13-23H2,1-3H3,(H,34,40)(H,35,41)(H,36,39). The van der Waals surface area contributed by atoms with Crippen molar-refractivity contribution in [2.24, 2.45) is 5.41 Å². The highest BCUT2D eigenvalue weighted by Gasteiger charge is 2.41. The molecule has 3 N–H and O–H groups in total. The van der Waals surface area contributed by atoms with Gasteiger partial charge in [-0.1, -0.05) is 75.4 Å². The van der Waals surface area contributed by atoms with Gasteiger partial charge in [-0.15, -0.1) is 0 Å². The maximum Gasteiger partial charge on any atom is 0.239 e. The van der Waals surface area contributed by atoms with Gasteiger partial charge in [0.15, 0.2) is 0 Å². The van der Waals surface area contributed by atoms with Crippen LogP contribution in [0.15, 0.2) is 54.6 Å². The first-order valence-corrected chi connectivity index (χ1v) is 14.9. The largest absolute Gasteiger partial charge is 0.350 e. The van der Waals surface area contributed by atoms with Crippen molar-refractivity contribution in [3.63, 3.8) is 0 Å². The van der Waals surface area contributed by atoms with E-state index in [0.29, 0.717) is 38.9 Å². The number of hydrogen-bond donors (Lipinski definition) is 3. The van der Waals surface area contributed by atoms with Crippen molar-refractivity contribution in [2.45, 2.75) is 71.5 Å². The predicted octanol–water partition coefficient (Wildman–Crippen LogP) is 2.31. The first-order chi connectivity index (χ1) is 20.4. The Hall–Kier alpha value is -4.21. The van der Waals surface area contributed by atoms with Crippen LogP contribution in [0.1, 0.15) is 63.1 Å². The van der Waals surface area contributed by atoms with Crippen LogP contribution in [0.25, 0.3) is 0 Å². The maximum atomic E-state index is 13.8. The molecule has 2 aromatic carbocycles. The molecule has 0 aromatic heterocycles. The minimum absolute atomic E-state index is 0.0481. The van der Waals surface area contributed by atoms with Crippen molar-refractivity contribution in [3.8, 4) is 0 Å². The zero-order chi connectivity index (χ0) is 31.0. The first kappa shape index (κ1) is 31.7. The van der Waals surface area contributed by atoms with Crippen LogP contribution in [0.4, 0.5) is 0 Å². The summed E-state index contributed by atoms with van der Waals surface area (Å²) in [6, 6.07) is 16.8. The summed E-state index contributed by atoms with van der Waals surface area (Å²) in [5, 5.41) is 8.82. The smallest absolute Gasteiger partial charge is 0.239 e. The second-order valence-corrected chi connectivity index (χ2v) is 12.9. The summed E-state index contributed by atoms with van der Waals surface area (Å²) in [6.07, 6.45) is 1.20. The molecule has 5 amide bonds. The van der Waals surface area contributed by atoms with Gasteiger partial charge in [0, 0.05) is 32.6 Å². The average Bonchev–Trinajstić information content (AvgIpc) is 2.95. The SMILES string of the molecule is CC(C)(C)CC(=O)N1CCC2(CC1)CC(=O)N(CC(=O)NCc1ccccc1)CC(=O)NCc1ccccc1CC(=O)N2. The van der Waals surface area contributed by atoms with Crippen LogP contribution >= 0.6 is 0 Å². The Morgan fingerprint density at radius 1 is 0.907 bits per heavy atom. The molecule has 2 aromatic rings. The number of likely N-dealkylation sites (tertiary alicyclic amines) is 1. The molecule has 10 nitrogen and oxygen atoms in total. The molecule has 1 saturated heterocycles. The van der Waals surface area contributed by atoms with Gasteiger partial charge < -0.3 is 25.8 Å². The lowest BCUT2D eigenvalue weighted by Crippen LogP contribution is -2.59. The number of nitrogens with zero attached hydrogens (tertiary/aromatic N) is 2. The molecule has 0 atom stereocenters. The van der Waals surface area contributed by atoms with Gasteiger partial charge in [-0.3, -0.25) is 24.0 Å². The third kappa shape index (κ3) is 9.39. The number of carbonyl (C=O) groups excluding carboxylic acids is 5. The fourth-order valence-corrected chi connectivity index (χ4v) is 5.59. The number of fused-ring (bicyclic) bond motifs is 1. The van der Waals surface area contributed by atoms with Crippen molar-refractivity contribution in [2.75, 3.05) is 26.2 Å². The molecule has 0 saturated carbocycles. The molecule has 1 spiro atoms. The fraction of sp³-hybridized carbons (Fsp3) is 0.485. The minimum atomic E-state index is -0.912. The lowest BCUT2D eigenvalue weighted by atomic mass is 9.82. The van der Waals surface area contributed by atoms with Crippen molar-refractivity contribution < 1.29 is 24.0 Å². The van der Waals surface area contributed by atoms with Gasteiger partial charge in [0.1, 0.15) is 13.1 Å². The van der Waals surface area contributed by atoms with E-state index >= 15 is 0 Å². The maximum absolute atomic E-state index is 13.8. The molecule has 2 aliphatic heterocycles. The molecule has 0 bridgehead atoms. The summed E-state index contributed by atoms with van der Waals surface area (Å²) >= 11 is 0. The van der Waals surface area contributed by atoms with Gasteiger partial charge in [-0.2, -0.15) is 0 Å². The van der Waals surface area contributed by atoms with E-state index in [-0.39, 0.29) is 55.6 Å². The van der Waals surface area contributed by atoms with E-state index in [1.165, 1.54) is 4.90 Å². The Bertz CT molecular complexity index is 1330. The zero-order valence-electron chi connectivity index (χ0n) is 25.4. The molecule has 0 aliphatic carbocycles. The lowest BCUT2D eigenvalue weighted by Gasteiger charge is -2.43. The highest BCUT2D eigenvalue weighted by Crippen LogP contribution is 2.29. The topological polar surface area (TPSA) is 128 Å². The molecule has 1 fully saturated rings. The van der Waals surface area contributed by atoms with Crippen LogP contribution in [-0.2, 0) is 43.5 Å². The van der Waals surface area contributed by atoms with E-state index in [2.05, 4.69) is 16.0 Å². The number of amides is 5. The van der Waals surface area contributed by atoms with Crippen LogP contribution in [0, 0.1) is 5.41 Å². The third-order valence-corrected chi connectivity index (χ3v) is 7.95. The molecule has 43 heavy (non-hydrogen) atoms. The second-order valence-electron chi connectivity index (χ2n) is 12.9. The summed E-state index contributed by atoms with van der Waals surface area (Å²) in [4.78, 5) is 69.2. The van der Waals surface area contributed by atoms with Crippen LogP contribution in [-0.4, -0.2) is 71.1 Å². The highest BCUT2D eigenvalue weighted by atomic mass is 16.2. The van der Waals surface area contributed by atoms with Gasteiger partial charge in [0.2, 0.25) is 29.5 Å². The van der Waals surface area contributed by atoms with Crippen molar-refractivity contribution in [3.05, 3.63) is 71.3 Å². The van der Waals surface area contributed by atoms with Crippen LogP contribution in [0.5, 0.6) is 0 Å². The zero-order valence-corrected chi connectivity index (χ0v) is 25.4. The predicted molar refractivity (Wildman–Crippen MR) is 162 cm³/mol. The number of carbonyl (C=O) groups is 5. The molecular weight excluding hydrogens is 546 g/mol. The van der Waals surface area contributed by atoms with Gasteiger partial charge in [-0.25, -0.2) is 0 Å². The number of rotatable bonds is 5.